The summed E-state index contributed by atoms with van der Waals surface area (Å²) in [5.74, 6) is -0.0197. The molecule has 0 aliphatic carbocycles. The van der Waals surface area contributed by atoms with Crippen LogP contribution in [0.15, 0.2) is 53.5 Å². The third-order valence-electron chi connectivity index (χ3n) is 2.63. The molecule has 1 amide bonds. The second-order valence-corrected chi connectivity index (χ2v) is 4.89. The summed E-state index contributed by atoms with van der Waals surface area (Å²) in [5, 5.41) is 2.59. The van der Waals surface area contributed by atoms with Gasteiger partial charge in [-0.3, -0.25) is 0 Å². The summed E-state index contributed by atoms with van der Waals surface area (Å²) in [4.78, 5) is 16.1. The van der Waals surface area contributed by atoms with E-state index in [4.69, 9.17) is 4.74 Å². The number of nitrogens with one attached hydrogen (secondary N) is 1. The molecule has 0 fully saturated rings. The molecule has 0 spiro atoms. The molecule has 1 radical (unpaired) electrons. The number of hydrogen-bond acceptors (Lipinski definition) is 3. The molecule has 21 heavy (non-hydrogen) atoms. The van der Waals surface area contributed by atoms with Gasteiger partial charge in [-0.15, -0.1) is 0 Å². The summed E-state index contributed by atoms with van der Waals surface area (Å²) >= 11 is 2.68. The van der Waals surface area contributed by atoms with Gasteiger partial charge in [-0.1, -0.05) is 0 Å². The van der Waals surface area contributed by atoms with E-state index in [0.717, 1.165) is 5.75 Å². The molecule has 0 heterocycles. The summed E-state index contributed by atoms with van der Waals surface area (Å²) in [6, 6.07) is 12.3. The Kier molecular flexibility index (Phi) is 5.09. The van der Waals surface area contributed by atoms with E-state index < -0.39 is 0 Å². The maximum absolute atomic E-state index is 12.8. The molecule has 0 unspecified atom stereocenters. The van der Waals surface area contributed by atoms with Crippen LogP contribution >= 0.6 is 0 Å². The van der Waals surface area contributed by atoms with Crippen LogP contribution in [0.5, 0.6) is 5.75 Å². The van der Waals surface area contributed by atoms with Crippen LogP contribution in [0.25, 0.3) is 0 Å². The van der Waals surface area contributed by atoms with E-state index in [1.807, 2.05) is 0 Å². The normalized spacial score (nSPS) is 11.0. The standard InChI is InChI=1S/C15H12FN2O2Se/c1-20-13-8-6-12(7-9-13)17-15(21)18-14(19)10-2-4-11(16)5-3-10/h2-9H,1H3,(H,17,18,19). The van der Waals surface area contributed by atoms with Crippen LogP contribution in [-0.2, 0) is 0 Å². The molecule has 0 aliphatic heterocycles. The van der Waals surface area contributed by atoms with Gasteiger partial charge in [0.15, 0.2) is 0 Å². The molecule has 0 aromatic heterocycles. The molecule has 0 bridgehead atoms. The van der Waals surface area contributed by atoms with Gasteiger partial charge in [0, 0.05) is 0 Å². The molecular formula is C15H12FN2O2Se. The Balaban J connectivity index is 2.05. The molecule has 0 saturated heterocycles. The Morgan fingerprint density at radius 1 is 1.14 bits per heavy atom. The van der Waals surface area contributed by atoms with Crippen molar-refractivity contribution in [2.24, 2.45) is 4.99 Å². The molecule has 0 atom stereocenters. The van der Waals surface area contributed by atoms with Crippen molar-refractivity contribution in [2.75, 3.05) is 7.11 Å². The zero-order chi connectivity index (χ0) is 15.2. The first-order valence-corrected chi connectivity index (χ1v) is 6.91. The topological polar surface area (TPSA) is 50.7 Å². The Bertz CT molecular complexity index is 654. The van der Waals surface area contributed by atoms with E-state index in [0.29, 0.717) is 16.0 Å². The quantitative estimate of drug-likeness (QED) is 0.525. The van der Waals surface area contributed by atoms with Gasteiger partial charge in [-0.2, -0.15) is 0 Å². The Morgan fingerprint density at radius 2 is 1.76 bits per heavy atom. The third kappa shape index (κ3) is 4.41. The predicted octanol–water partition coefficient (Wildman–Crippen LogP) is 2.42. The fourth-order valence-corrected chi connectivity index (χ4v) is 1.99. The number of aliphatic imine (C=N–C) groups is 1. The second-order valence-electron chi connectivity index (χ2n) is 4.08. The van der Waals surface area contributed by atoms with Crippen molar-refractivity contribution in [3.8, 4) is 5.75 Å². The number of carbonyl (C=O) groups excluding carboxylic acids is 1. The van der Waals surface area contributed by atoms with Crippen LogP contribution in [0.3, 0.4) is 0 Å². The number of amidine groups is 1. The maximum atomic E-state index is 12.8. The van der Waals surface area contributed by atoms with Gasteiger partial charge in [0.05, 0.1) is 0 Å². The molecule has 107 valence electrons. The molecule has 2 aromatic rings. The molecular weight excluding hydrogens is 338 g/mol. The van der Waals surface area contributed by atoms with Crippen molar-refractivity contribution in [3.63, 3.8) is 0 Å². The Labute approximate surface area is 129 Å². The molecule has 4 nitrogen and oxygen atoms in total. The van der Waals surface area contributed by atoms with E-state index >= 15 is 0 Å². The molecule has 2 rings (SSSR count). The fraction of sp³-hybridized carbons (Fsp3) is 0.0667. The molecule has 0 aliphatic rings. The number of benzene rings is 2. The van der Waals surface area contributed by atoms with Crippen molar-refractivity contribution in [2.45, 2.75) is 0 Å². The number of rotatable bonds is 3. The van der Waals surface area contributed by atoms with Gasteiger partial charge in [0.25, 0.3) is 0 Å². The SMILES string of the molecule is COc1ccc(N=C([Se])NC(=O)c2ccc(F)cc2)cc1. The van der Waals surface area contributed by atoms with E-state index in [-0.39, 0.29) is 11.7 Å². The van der Waals surface area contributed by atoms with Gasteiger partial charge in [0.1, 0.15) is 0 Å². The monoisotopic (exact) mass is 351 g/mol. The number of amides is 1. The predicted molar refractivity (Wildman–Crippen MR) is 79.7 cm³/mol. The van der Waals surface area contributed by atoms with Crippen molar-refractivity contribution in [1.82, 2.24) is 5.32 Å². The average Bonchev–Trinajstić information content (AvgIpc) is 2.48. The zero-order valence-corrected chi connectivity index (χ0v) is 12.9. The molecule has 0 saturated carbocycles. The van der Waals surface area contributed by atoms with E-state index in [1.165, 1.54) is 24.3 Å². The number of carbonyl (C=O) groups is 1. The van der Waals surface area contributed by atoms with Crippen LogP contribution < -0.4 is 10.1 Å². The number of hydrogen-bond donors (Lipinski definition) is 1. The summed E-state index contributed by atoms with van der Waals surface area (Å²) in [6.07, 6.45) is 0. The first-order valence-electron chi connectivity index (χ1n) is 6.05. The second kappa shape index (κ2) is 7.02. The van der Waals surface area contributed by atoms with Crippen LogP contribution in [-0.4, -0.2) is 33.8 Å². The van der Waals surface area contributed by atoms with Crippen LogP contribution in [0.4, 0.5) is 10.1 Å². The minimum absolute atomic E-state index is 0.328. The summed E-state index contributed by atoms with van der Waals surface area (Å²) in [5.41, 5.74) is 1.03. The van der Waals surface area contributed by atoms with E-state index in [1.54, 1.807) is 31.4 Å². The van der Waals surface area contributed by atoms with E-state index in [2.05, 4.69) is 26.3 Å². The minimum atomic E-state index is -0.387. The fourth-order valence-electron chi connectivity index (χ4n) is 1.57. The first-order chi connectivity index (χ1) is 10.1. The van der Waals surface area contributed by atoms with Crippen molar-refractivity contribution >= 4 is 32.3 Å². The first kappa shape index (κ1) is 15.2. The van der Waals surface area contributed by atoms with Crippen LogP contribution in [0.2, 0.25) is 0 Å². The van der Waals surface area contributed by atoms with Gasteiger partial charge in [-0.05, 0) is 0 Å². The molecule has 1 N–H and O–H groups in total. The van der Waals surface area contributed by atoms with Crippen LogP contribution in [0.1, 0.15) is 10.4 Å². The van der Waals surface area contributed by atoms with Crippen molar-refractivity contribution in [3.05, 3.63) is 59.9 Å². The van der Waals surface area contributed by atoms with Crippen LogP contribution in [0, 0.1) is 5.82 Å². The number of nitrogens with zero attached hydrogens (tertiary/aromatic N) is 1. The number of ether oxygens (including phenoxy) is 1. The van der Waals surface area contributed by atoms with Gasteiger partial charge in [0.2, 0.25) is 0 Å². The van der Waals surface area contributed by atoms with Gasteiger partial charge < -0.3 is 0 Å². The number of methoxy groups -OCH3 is 1. The summed E-state index contributed by atoms with van der Waals surface area (Å²) in [6.45, 7) is 0. The molecule has 6 heteroatoms. The average molecular weight is 350 g/mol. The third-order valence-corrected chi connectivity index (χ3v) is 3.04. The zero-order valence-electron chi connectivity index (χ0n) is 11.2. The van der Waals surface area contributed by atoms with Crippen molar-refractivity contribution in [1.29, 1.82) is 0 Å². The summed E-state index contributed by atoms with van der Waals surface area (Å²) < 4.78 is 18.2. The Morgan fingerprint density at radius 3 is 2.33 bits per heavy atom. The Hall–Kier alpha value is -2.17. The van der Waals surface area contributed by atoms with Gasteiger partial charge >= 0.3 is 129 Å². The van der Waals surface area contributed by atoms with Crippen molar-refractivity contribution < 1.29 is 13.9 Å². The molecule has 2 aromatic carbocycles. The van der Waals surface area contributed by atoms with Gasteiger partial charge in [-0.25, -0.2) is 0 Å². The van der Waals surface area contributed by atoms with E-state index in [9.17, 15) is 9.18 Å². The number of halogens is 1. The summed E-state index contributed by atoms with van der Waals surface area (Å²) in [7, 11) is 1.58.